The molecule has 2 nitrogen and oxygen atoms in total. The highest BCUT2D eigenvalue weighted by Crippen LogP contribution is 2.54. The Morgan fingerprint density at radius 1 is 0.348 bits per heavy atom. The Morgan fingerprint density at radius 3 is 1.68 bits per heavy atom. The van der Waals surface area contributed by atoms with E-state index >= 15 is 0 Å². The predicted octanol–water partition coefficient (Wildman–Crippen LogP) is 18.5. The summed E-state index contributed by atoms with van der Waals surface area (Å²) in [4.78, 5) is 5.04. The molecule has 0 aliphatic heterocycles. The summed E-state index contributed by atoms with van der Waals surface area (Å²) in [6.45, 7) is 4.81. The maximum atomic E-state index is 2.58. The van der Waals surface area contributed by atoms with Crippen LogP contribution in [-0.4, -0.2) is 0 Å². The molecule has 1 heterocycles. The third-order valence-electron chi connectivity index (χ3n) is 14.5. The van der Waals surface area contributed by atoms with Crippen molar-refractivity contribution >= 4 is 119 Å². The minimum Gasteiger partial charge on any atom is -0.309 e. The van der Waals surface area contributed by atoms with Gasteiger partial charge in [-0.05, 0) is 114 Å². The first-order valence-corrected chi connectivity index (χ1v) is 23.7. The molecule has 0 saturated carbocycles. The fourth-order valence-corrected chi connectivity index (χ4v) is 12.7. The molecule has 14 rings (SSSR count). The van der Waals surface area contributed by atoms with Crippen LogP contribution >= 0.6 is 11.3 Å². The van der Waals surface area contributed by atoms with Gasteiger partial charge in [-0.3, -0.25) is 0 Å². The lowest BCUT2D eigenvalue weighted by atomic mass is 9.81. The molecule has 0 N–H and O–H groups in total. The third kappa shape index (κ3) is 5.29. The zero-order chi connectivity index (χ0) is 43.7. The summed E-state index contributed by atoms with van der Waals surface area (Å²) in [5.74, 6) is 0. The van der Waals surface area contributed by atoms with Crippen molar-refractivity contribution < 1.29 is 0 Å². The second kappa shape index (κ2) is 14.0. The van der Waals surface area contributed by atoms with E-state index in [4.69, 9.17) is 0 Å². The van der Waals surface area contributed by atoms with E-state index < -0.39 is 0 Å². The van der Waals surface area contributed by atoms with E-state index in [1.807, 2.05) is 11.3 Å². The smallest absolute Gasteiger partial charge is 0.0640 e. The van der Waals surface area contributed by atoms with Gasteiger partial charge in [-0.15, -0.1) is 11.3 Å². The minimum absolute atomic E-state index is 0.157. The Balaban J connectivity index is 1.05. The first-order valence-electron chi connectivity index (χ1n) is 22.9. The Labute approximate surface area is 387 Å². The first-order chi connectivity index (χ1) is 32.5. The van der Waals surface area contributed by atoms with E-state index in [1.165, 1.54) is 113 Å². The number of fused-ring (bicyclic) bond motifs is 3. The van der Waals surface area contributed by atoms with Crippen molar-refractivity contribution in [2.24, 2.45) is 0 Å². The highest BCUT2D eigenvalue weighted by molar-refractivity contribution is 7.26. The van der Waals surface area contributed by atoms with Crippen LogP contribution in [0.15, 0.2) is 218 Å². The molecule has 0 unspecified atom stereocenters. The van der Waals surface area contributed by atoms with E-state index in [0.717, 1.165) is 17.1 Å². The Bertz CT molecular complexity index is 4090. The number of rotatable bonds is 7. The van der Waals surface area contributed by atoms with Crippen LogP contribution in [0, 0.1) is 0 Å². The van der Waals surface area contributed by atoms with Crippen molar-refractivity contribution in [1.29, 1.82) is 0 Å². The normalized spacial score (nSPS) is 13.1. The molecule has 1 aliphatic carbocycles. The largest absolute Gasteiger partial charge is 0.309 e. The summed E-state index contributed by atoms with van der Waals surface area (Å²) in [7, 11) is 0. The zero-order valence-electron chi connectivity index (χ0n) is 36.6. The lowest BCUT2D eigenvalue weighted by Gasteiger charge is -2.31. The number of hydrogen-bond acceptors (Lipinski definition) is 3. The predicted molar refractivity (Wildman–Crippen MR) is 285 cm³/mol. The monoisotopic (exact) mass is 858 g/mol. The lowest BCUT2D eigenvalue weighted by Crippen LogP contribution is -2.17. The maximum Gasteiger partial charge on any atom is 0.0640 e. The van der Waals surface area contributed by atoms with Crippen molar-refractivity contribution in [3.63, 3.8) is 0 Å². The summed E-state index contributed by atoms with van der Waals surface area (Å²) in [6.07, 6.45) is 0. The first kappa shape index (κ1) is 37.4. The van der Waals surface area contributed by atoms with Crippen molar-refractivity contribution in [3.8, 4) is 11.1 Å². The van der Waals surface area contributed by atoms with Crippen LogP contribution in [0.5, 0.6) is 0 Å². The zero-order valence-corrected chi connectivity index (χ0v) is 37.4. The molecule has 0 saturated heterocycles. The van der Waals surface area contributed by atoms with Crippen molar-refractivity contribution in [1.82, 2.24) is 0 Å². The van der Waals surface area contributed by atoms with E-state index in [0.29, 0.717) is 0 Å². The second-order valence-electron chi connectivity index (χ2n) is 18.4. The van der Waals surface area contributed by atoms with Gasteiger partial charge < -0.3 is 9.80 Å². The Kier molecular flexibility index (Phi) is 7.94. The van der Waals surface area contributed by atoms with Crippen LogP contribution < -0.4 is 9.80 Å². The number of thiophene rings is 1. The van der Waals surface area contributed by atoms with E-state index in [-0.39, 0.29) is 5.41 Å². The van der Waals surface area contributed by atoms with E-state index in [9.17, 15) is 0 Å². The molecule has 0 radical (unpaired) electrons. The molecule has 1 aromatic heterocycles. The number of benzene rings is 12. The molecule has 0 spiro atoms. The second-order valence-corrected chi connectivity index (χ2v) is 19.5. The molecule has 0 bridgehead atoms. The molecule has 66 heavy (non-hydrogen) atoms. The number of hydrogen-bond donors (Lipinski definition) is 0. The maximum absolute atomic E-state index is 2.58. The van der Waals surface area contributed by atoms with Gasteiger partial charge in [-0.1, -0.05) is 178 Å². The average molecular weight is 859 g/mol. The number of para-hydroxylation sites is 2. The fraction of sp³-hybridized carbons (Fsp3) is 0.0476. The van der Waals surface area contributed by atoms with Gasteiger partial charge in [-0.25, -0.2) is 0 Å². The van der Waals surface area contributed by atoms with Gasteiger partial charge in [0.25, 0.3) is 0 Å². The SMILES string of the molecule is CC1(C)c2cccc3ccc4cc(N(c5ccc6ccc7c(N(c8ccccc8)c8ccccc8-c8ccccc8)ccc8ccc5c6c87)c5cccc6c5sc5ccccc56)cc1c4c23. The average Bonchev–Trinajstić information content (AvgIpc) is 3.87. The van der Waals surface area contributed by atoms with Crippen molar-refractivity contribution in [3.05, 3.63) is 230 Å². The quantitative estimate of drug-likeness (QED) is 0.147. The highest BCUT2D eigenvalue weighted by Gasteiger charge is 2.35. The topological polar surface area (TPSA) is 6.48 Å². The van der Waals surface area contributed by atoms with Crippen LogP contribution in [0.4, 0.5) is 34.1 Å². The van der Waals surface area contributed by atoms with Crippen LogP contribution in [0.1, 0.15) is 25.0 Å². The molecule has 0 atom stereocenters. The van der Waals surface area contributed by atoms with Gasteiger partial charge in [0.1, 0.15) is 0 Å². The van der Waals surface area contributed by atoms with E-state index in [1.54, 1.807) is 0 Å². The highest BCUT2D eigenvalue weighted by atomic mass is 32.1. The fourth-order valence-electron chi connectivity index (χ4n) is 11.5. The standard InChI is InChI=1S/C63H42N2S/c1-63(2)51-23-13-17-40-27-28-43-37-45(38-52(63)61(43)60(40)51)65(56-25-14-22-48-47-21-10-12-26-57(47)66-62(48)56)55-36-32-42-29-33-49-54(35-31-41-30-34-50(55)59(42)58(41)49)64(44-18-7-4-8-19-44)53-24-11-9-20-46(53)39-15-5-3-6-16-39/h3-38H,1-2H3. The Hall–Kier alpha value is -7.98. The summed E-state index contributed by atoms with van der Waals surface area (Å²) in [6, 6.07) is 81.4. The summed E-state index contributed by atoms with van der Waals surface area (Å²) in [5.41, 5.74) is 11.9. The van der Waals surface area contributed by atoms with Crippen LogP contribution in [0.25, 0.3) is 85.2 Å². The van der Waals surface area contributed by atoms with Crippen LogP contribution in [0.2, 0.25) is 0 Å². The van der Waals surface area contributed by atoms with Gasteiger partial charge in [0.2, 0.25) is 0 Å². The van der Waals surface area contributed by atoms with Gasteiger partial charge in [-0.2, -0.15) is 0 Å². The molecule has 13 aromatic rings. The minimum atomic E-state index is -0.157. The number of nitrogens with zero attached hydrogens (tertiary/aromatic N) is 2. The molecule has 0 fully saturated rings. The van der Waals surface area contributed by atoms with Gasteiger partial charge >= 0.3 is 0 Å². The van der Waals surface area contributed by atoms with Crippen molar-refractivity contribution in [2.75, 3.05) is 9.80 Å². The molecular weight excluding hydrogens is 817 g/mol. The molecule has 0 amide bonds. The van der Waals surface area contributed by atoms with Gasteiger partial charge in [0.15, 0.2) is 0 Å². The third-order valence-corrected chi connectivity index (χ3v) is 15.7. The van der Waals surface area contributed by atoms with Crippen molar-refractivity contribution in [2.45, 2.75) is 19.3 Å². The van der Waals surface area contributed by atoms with Gasteiger partial charge in [0.05, 0.1) is 27.4 Å². The summed E-state index contributed by atoms with van der Waals surface area (Å²) < 4.78 is 2.59. The molecule has 1 aliphatic rings. The molecular formula is C63H42N2S. The molecule has 12 aromatic carbocycles. The van der Waals surface area contributed by atoms with Gasteiger partial charge in [0, 0.05) is 48.6 Å². The van der Waals surface area contributed by atoms with Crippen LogP contribution in [0.3, 0.4) is 0 Å². The Morgan fingerprint density at radius 2 is 0.909 bits per heavy atom. The van der Waals surface area contributed by atoms with E-state index in [2.05, 4.69) is 242 Å². The molecule has 310 valence electrons. The lowest BCUT2D eigenvalue weighted by molar-refractivity contribution is 0.663. The van der Waals surface area contributed by atoms with Crippen LogP contribution in [-0.2, 0) is 5.41 Å². The summed E-state index contributed by atoms with van der Waals surface area (Å²) in [5, 5.41) is 15.4. The molecule has 3 heteroatoms. The number of anilines is 6. The summed E-state index contributed by atoms with van der Waals surface area (Å²) >= 11 is 1.89.